The third-order valence-electron chi connectivity index (χ3n) is 2.06. The largest absolute Gasteiger partial charge is 0.459 e. The van der Waals surface area contributed by atoms with Gasteiger partial charge in [-0.2, -0.15) is 0 Å². The summed E-state index contributed by atoms with van der Waals surface area (Å²) in [6.07, 6.45) is 3.24. The first-order chi connectivity index (χ1) is 7.58. The number of imidazole rings is 1. The molecule has 5 heteroatoms. The third-order valence-corrected chi connectivity index (χ3v) is 2.67. The zero-order valence-corrected chi connectivity index (χ0v) is 10.6. The second-order valence-corrected chi connectivity index (χ2v) is 4.45. The number of aromatic nitrogens is 2. The van der Waals surface area contributed by atoms with Crippen LogP contribution in [0.1, 0.15) is 24.2 Å². The van der Waals surface area contributed by atoms with Crippen LogP contribution in [0, 0.1) is 0 Å². The van der Waals surface area contributed by atoms with Gasteiger partial charge in [-0.05, 0) is 41.9 Å². The summed E-state index contributed by atoms with van der Waals surface area (Å²) in [5.74, 6) is -0.318. The number of hydrogen-bond acceptors (Lipinski definition) is 3. The number of ether oxygens (including phenoxy) is 1. The van der Waals surface area contributed by atoms with Crippen LogP contribution >= 0.6 is 15.9 Å². The molecule has 0 bridgehead atoms. The summed E-state index contributed by atoms with van der Waals surface area (Å²) in [7, 11) is 0. The topological polar surface area (TPSA) is 43.6 Å². The molecule has 16 heavy (non-hydrogen) atoms. The number of carbonyl (C=O) groups excluding carboxylic acids is 1. The maximum atomic E-state index is 11.6. The van der Waals surface area contributed by atoms with Crippen molar-refractivity contribution in [1.29, 1.82) is 0 Å². The summed E-state index contributed by atoms with van der Waals surface area (Å²) in [4.78, 5) is 15.7. The molecule has 4 nitrogen and oxygen atoms in total. The zero-order chi connectivity index (χ0) is 11.7. The van der Waals surface area contributed by atoms with Crippen molar-refractivity contribution in [1.82, 2.24) is 9.38 Å². The first kappa shape index (κ1) is 11.1. The fourth-order valence-electron chi connectivity index (χ4n) is 1.37. The van der Waals surface area contributed by atoms with E-state index in [0.29, 0.717) is 5.56 Å². The van der Waals surface area contributed by atoms with Crippen molar-refractivity contribution in [3.05, 3.63) is 34.8 Å². The molecule has 0 N–H and O–H groups in total. The molecular formula is C11H11BrN2O2. The number of pyridine rings is 1. The van der Waals surface area contributed by atoms with Crippen molar-refractivity contribution in [3.63, 3.8) is 0 Å². The van der Waals surface area contributed by atoms with E-state index in [1.807, 2.05) is 19.9 Å². The Morgan fingerprint density at radius 1 is 1.50 bits per heavy atom. The summed E-state index contributed by atoms with van der Waals surface area (Å²) >= 11 is 3.32. The van der Waals surface area contributed by atoms with Crippen molar-refractivity contribution in [3.8, 4) is 0 Å². The van der Waals surface area contributed by atoms with Gasteiger partial charge in [-0.15, -0.1) is 0 Å². The van der Waals surface area contributed by atoms with Gasteiger partial charge < -0.3 is 9.14 Å². The monoisotopic (exact) mass is 282 g/mol. The third kappa shape index (κ3) is 2.09. The zero-order valence-electron chi connectivity index (χ0n) is 8.98. The molecule has 0 saturated carbocycles. The van der Waals surface area contributed by atoms with Crippen LogP contribution in [-0.4, -0.2) is 21.5 Å². The van der Waals surface area contributed by atoms with Crippen molar-refractivity contribution < 1.29 is 9.53 Å². The molecule has 0 saturated heterocycles. The van der Waals surface area contributed by atoms with Crippen LogP contribution in [0.4, 0.5) is 0 Å². The van der Waals surface area contributed by atoms with Gasteiger partial charge in [-0.1, -0.05) is 0 Å². The normalized spacial score (nSPS) is 11.0. The predicted octanol–water partition coefficient (Wildman–Crippen LogP) is 2.66. The Labute approximate surface area is 101 Å². The van der Waals surface area contributed by atoms with E-state index in [9.17, 15) is 4.79 Å². The minimum absolute atomic E-state index is 0.113. The number of rotatable bonds is 2. The van der Waals surface area contributed by atoms with E-state index in [0.717, 1.165) is 10.1 Å². The lowest BCUT2D eigenvalue weighted by Gasteiger charge is -2.07. The first-order valence-corrected chi connectivity index (χ1v) is 5.70. The molecule has 0 amide bonds. The van der Waals surface area contributed by atoms with Gasteiger partial charge in [0.05, 0.1) is 17.2 Å². The highest BCUT2D eigenvalue weighted by atomic mass is 79.9. The number of halogens is 1. The summed E-state index contributed by atoms with van der Waals surface area (Å²) in [5.41, 5.74) is 1.44. The number of esters is 1. The van der Waals surface area contributed by atoms with E-state index in [4.69, 9.17) is 4.74 Å². The highest BCUT2D eigenvalue weighted by molar-refractivity contribution is 9.10. The van der Waals surface area contributed by atoms with E-state index in [1.165, 1.54) is 0 Å². The summed E-state index contributed by atoms with van der Waals surface area (Å²) in [6, 6.07) is 3.56. The molecule has 0 aromatic carbocycles. The first-order valence-electron chi connectivity index (χ1n) is 4.91. The maximum Gasteiger partial charge on any atom is 0.339 e. The minimum Gasteiger partial charge on any atom is -0.459 e. The Balaban J connectivity index is 2.36. The average molecular weight is 283 g/mol. The highest BCUT2D eigenvalue weighted by Crippen LogP contribution is 2.17. The molecule has 0 fully saturated rings. The maximum absolute atomic E-state index is 11.6. The molecule has 2 aromatic heterocycles. The molecule has 0 aliphatic heterocycles. The van der Waals surface area contributed by atoms with Crippen LogP contribution < -0.4 is 0 Å². The number of nitrogens with zero attached hydrogens (tertiary/aromatic N) is 2. The van der Waals surface area contributed by atoms with Crippen molar-refractivity contribution in [2.45, 2.75) is 20.0 Å². The van der Waals surface area contributed by atoms with Gasteiger partial charge in [0.2, 0.25) is 0 Å². The Hall–Kier alpha value is -1.36. The van der Waals surface area contributed by atoms with Gasteiger partial charge >= 0.3 is 5.97 Å². The van der Waals surface area contributed by atoms with Crippen LogP contribution in [0.25, 0.3) is 5.52 Å². The fraction of sp³-hybridized carbons (Fsp3) is 0.273. The van der Waals surface area contributed by atoms with E-state index < -0.39 is 0 Å². The van der Waals surface area contributed by atoms with Gasteiger partial charge in [-0.3, -0.25) is 0 Å². The van der Waals surface area contributed by atoms with Crippen molar-refractivity contribution >= 4 is 27.4 Å². The van der Waals surface area contributed by atoms with Crippen molar-refractivity contribution in [2.75, 3.05) is 0 Å². The molecule has 0 radical (unpaired) electrons. The quantitative estimate of drug-likeness (QED) is 0.796. The van der Waals surface area contributed by atoms with Gasteiger partial charge in [0.15, 0.2) is 0 Å². The van der Waals surface area contributed by atoms with Crippen LogP contribution in [0.5, 0.6) is 0 Å². The van der Waals surface area contributed by atoms with Crippen LogP contribution in [0.3, 0.4) is 0 Å². The van der Waals surface area contributed by atoms with Crippen molar-refractivity contribution in [2.24, 2.45) is 0 Å². The molecule has 0 aliphatic carbocycles. The van der Waals surface area contributed by atoms with E-state index >= 15 is 0 Å². The van der Waals surface area contributed by atoms with Crippen LogP contribution in [0.2, 0.25) is 0 Å². The average Bonchev–Trinajstić information content (AvgIpc) is 2.59. The Kier molecular flexibility index (Phi) is 2.96. The summed E-state index contributed by atoms with van der Waals surface area (Å²) in [5, 5.41) is 0. The van der Waals surface area contributed by atoms with E-state index in [2.05, 4.69) is 20.9 Å². The van der Waals surface area contributed by atoms with E-state index in [-0.39, 0.29) is 12.1 Å². The Morgan fingerprint density at radius 2 is 2.25 bits per heavy atom. The molecule has 2 heterocycles. The molecule has 84 valence electrons. The molecule has 0 unspecified atom stereocenters. The molecular weight excluding hydrogens is 272 g/mol. The predicted molar refractivity (Wildman–Crippen MR) is 63.4 cm³/mol. The van der Waals surface area contributed by atoms with Gasteiger partial charge in [0.1, 0.15) is 10.9 Å². The summed E-state index contributed by atoms with van der Waals surface area (Å²) in [6.45, 7) is 3.65. The van der Waals surface area contributed by atoms with E-state index in [1.54, 1.807) is 23.0 Å². The summed E-state index contributed by atoms with van der Waals surface area (Å²) < 4.78 is 7.65. The van der Waals surface area contributed by atoms with Gasteiger partial charge in [-0.25, -0.2) is 9.78 Å². The number of fused-ring (bicyclic) bond motifs is 1. The second-order valence-electron chi connectivity index (χ2n) is 3.70. The van der Waals surface area contributed by atoms with Gasteiger partial charge in [0, 0.05) is 6.20 Å². The SMILES string of the molecule is CC(C)OC(=O)c1ccc2c(Br)ncn2c1. The van der Waals surface area contributed by atoms with Crippen LogP contribution in [0.15, 0.2) is 29.3 Å². The lowest BCUT2D eigenvalue weighted by molar-refractivity contribution is 0.0377. The molecule has 2 rings (SSSR count). The lowest BCUT2D eigenvalue weighted by Crippen LogP contribution is -2.12. The second kappa shape index (κ2) is 4.25. The smallest absolute Gasteiger partial charge is 0.339 e. The Bertz CT molecular complexity index is 534. The molecule has 0 atom stereocenters. The number of carbonyl (C=O) groups is 1. The highest BCUT2D eigenvalue weighted by Gasteiger charge is 2.10. The fourth-order valence-corrected chi connectivity index (χ4v) is 1.80. The molecule has 2 aromatic rings. The molecule has 0 aliphatic rings. The number of hydrogen-bond donors (Lipinski definition) is 0. The van der Waals surface area contributed by atoms with Gasteiger partial charge in [0.25, 0.3) is 0 Å². The molecule has 0 spiro atoms. The Morgan fingerprint density at radius 3 is 2.94 bits per heavy atom. The van der Waals surface area contributed by atoms with Crippen LogP contribution in [-0.2, 0) is 4.74 Å². The standard InChI is InChI=1S/C11H11BrN2O2/c1-7(2)16-11(15)8-3-4-9-10(12)13-6-14(9)5-8/h3-7H,1-2H3. The minimum atomic E-state index is -0.318. The lowest BCUT2D eigenvalue weighted by atomic mass is 10.2.